The Morgan fingerprint density at radius 3 is 2.57 bits per heavy atom. The van der Waals surface area contributed by atoms with Crippen molar-refractivity contribution in [2.24, 2.45) is 0 Å². The normalized spacial score (nSPS) is 10.7. The second kappa shape index (κ2) is 13.6. The van der Waals surface area contributed by atoms with E-state index in [0.29, 0.717) is 30.0 Å². The maximum absolute atomic E-state index is 12.9. The fourth-order valence-corrected chi connectivity index (χ4v) is 3.48. The first kappa shape index (κ1) is 28.0. The summed E-state index contributed by atoms with van der Waals surface area (Å²) in [4.78, 5) is 53.1. The summed E-state index contributed by atoms with van der Waals surface area (Å²) < 4.78 is 12.0. The van der Waals surface area contributed by atoms with Gasteiger partial charge in [-0.1, -0.05) is 31.9 Å². The van der Waals surface area contributed by atoms with E-state index >= 15 is 0 Å². The minimum Gasteiger partial charge on any atom is -0.494 e. The standard InChI is InChI=1S/C24H33ClN4O6/c1-4-6-12-28(21-22(26)29(11-5-2)24(33)27-23(21)32)19(30)15-35-20(31)8-7-13-34-17-9-10-18(25)16(3)14-17/h9-10,14H,4-8,11-13,15,26H2,1-3H3,(H,27,32,33). The van der Waals surface area contributed by atoms with E-state index in [9.17, 15) is 19.2 Å². The first-order valence-electron chi connectivity index (χ1n) is 11.7. The number of hydrogen-bond donors (Lipinski definition) is 2. The van der Waals surface area contributed by atoms with Crippen LogP contribution in [0, 0.1) is 6.92 Å². The molecular formula is C24H33ClN4O6. The van der Waals surface area contributed by atoms with Crippen molar-refractivity contribution in [2.75, 3.05) is 30.4 Å². The molecule has 2 rings (SSSR count). The summed E-state index contributed by atoms with van der Waals surface area (Å²) in [5.41, 5.74) is 5.49. The van der Waals surface area contributed by atoms with Crippen LogP contribution < -0.4 is 26.6 Å². The van der Waals surface area contributed by atoms with Gasteiger partial charge < -0.3 is 20.1 Å². The van der Waals surface area contributed by atoms with Gasteiger partial charge in [0.2, 0.25) is 0 Å². The molecule has 0 aliphatic carbocycles. The Labute approximate surface area is 209 Å². The molecular weight excluding hydrogens is 476 g/mol. The van der Waals surface area contributed by atoms with E-state index < -0.39 is 29.7 Å². The van der Waals surface area contributed by atoms with E-state index in [2.05, 4.69) is 4.98 Å². The number of aromatic nitrogens is 2. The van der Waals surface area contributed by atoms with E-state index in [1.165, 1.54) is 9.47 Å². The number of rotatable bonds is 13. The number of halogens is 1. The molecule has 0 saturated carbocycles. The molecule has 0 radical (unpaired) electrons. The molecule has 1 amide bonds. The Morgan fingerprint density at radius 2 is 1.91 bits per heavy atom. The molecule has 2 aromatic rings. The summed E-state index contributed by atoms with van der Waals surface area (Å²) in [7, 11) is 0. The van der Waals surface area contributed by atoms with E-state index in [1.807, 2.05) is 20.8 Å². The van der Waals surface area contributed by atoms with Crippen LogP contribution in [0.3, 0.4) is 0 Å². The predicted molar refractivity (Wildman–Crippen MR) is 135 cm³/mol. The van der Waals surface area contributed by atoms with Crippen molar-refractivity contribution in [3.63, 3.8) is 0 Å². The van der Waals surface area contributed by atoms with Gasteiger partial charge in [0.05, 0.1) is 6.61 Å². The van der Waals surface area contributed by atoms with Gasteiger partial charge in [-0.05, 0) is 49.9 Å². The van der Waals surface area contributed by atoms with Gasteiger partial charge in [0.15, 0.2) is 12.3 Å². The molecule has 0 bridgehead atoms. The highest BCUT2D eigenvalue weighted by molar-refractivity contribution is 6.31. The number of carbonyl (C=O) groups excluding carboxylic acids is 2. The van der Waals surface area contributed by atoms with Crippen molar-refractivity contribution in [2.45, 2.75) is 59.4 Å². The monoisotopic (exact) mass is 508 g/mol. The molecule has 1 aromatic carbocycles. The number of amides is 1. The lowest BCUT2D eigenvalue weighted by atomic mass is 10.2. The third kappa shape index (κ3) is 7.88. The highest BCUT2D eigenvalue weighted by Crippen LogP contribution is 2.21. The van der Waals surface area contributed by atoms with Crippen LogP contribution in [0.15, 0.2) is 27.8 Å². The molecule has 35 heavy (non-hydrogen) atoms. The largest absolute Gasteiger partial charge is 0.494 e. The summed E-state index contributed by atoms with van der Waals surface area (Å²) in [5.74, 6) is -0.610. The van der Waals surface area contributed by atoms with Gasteiger partial charge in [0.25, 0.3) is 11.5 Å². The fraction of sp³-hybridized carbons (Fsp3) is 0.500. The summed E-state index contributed by atoms with van der Waals surface area (Å²) in [6, 6.07) is 5.29. The quantitative estimate of drug-likeness (QED) is 0.313. The van der Waals surface area contributed by atoms with E-state index in [4.69, 9.17) is 26.8 Å². The van der Waals surface area contributed by atoms with E-state index in [0.717, 1.165) is 12.0 Å². The number of esters is 1. The van der Waals surface area contributed by atoms with Crippen molar-refractivity contribution in [3.8, 4) is 5.75 Å². The Bertz CT molecular complexity index is 1140. The molecule has 3 N–H and O–H groups in total. The Kier molecular flexibility index (Phi) is 10.8. The van der Waals surface area contributed by atoms with E-state index in [1.54, 1.807) is 18.2 Å². The zero-order valence-electron chi connectivity index (χ0n) is 20.4. The van der Waals surface area contributed by atoms with Crippen LogP contribution in [0.5, 0.6) is 5.75 Å². The fourth-order valence-electron chi connectivity index (χ4n) is 3.37. The van der Waals surface area contributed by atoms with E-state index in [-0.39, 0.29) is 37.6 Å². The van der Waals surface area contributed by atoms with Crippen LogP contribution in [0.25, 0.3) is 0 Å². The molecule has 192 valence electrons. The number of aryl methyl sites for hydroxylation is 1. The first-order valence-corrected chi connectivity index (χ1v) is 12.0. The summed E-state index contributed by atoms with van der Waals surface area (Å²) in [5, 5.41) is 0.645. The van der Waals surface area contributed by atoms with Crippen molar-refractivity contribution >= 4 is 35.0 Å². The zero-order chi connectivity index (χ0) is 26.0. The summed E-state index contributed by atoms with van der Waals surface area (Å²) in [6.45, 7) is 5.88. The summed E-state index contributed by atoms with van der Waals surface area (Å²) in [6.07, 6.45) is 2.40. The number of nitrogens with one attached hydrogen (secondary N) is 1. The van der Waals surface area contributed by atoms with Crippen molar-refractivity contribution in [1.29, 1.82) is 0 Å². The zero-order valence-corrected chi connectivity index (χ0v) is 21.2. The molecule has 0 aliphatic heterocycles. The lowest BCUT2D eigenvalue weighted by molar-refractivity contribution is -0.148. The maximum atomic E-state index is 12.9. The number of nitrogen functional groups attached to an aromatic ring is 1. The molecule has 1 heterocycles. The SMILES string of the molecule is CCCCN(C(=O)COC(=O)CCCOc1ccc(Cl)c(C)c1)c1c(N)n(CCC)c(=O)[nH]c1=O. The molecule has 0 spiro atoms. The number of H-pyrrole nitrogens is 1. The van der Waals surface area contributed by atoms with Gasteiger partial charge in [0.1, 0.15) is 11.6 Å². The van der Waals surface area contributed by atoms with Crippen molar-refractivity contribution < 1.29 is 19.1 Å². The highest BCUT2D eigenvalue weighted by Gasteiger charge is 2.24. The number of benzene rings is 1. The average molecular weight is 509 g/mol. The number of unbranched alkanes of at least 4 members (excludes halogenated alkanes) is 1. The van der Waals surface area contributed by atoms with Gasteiger partial charge in [-0.15, -0.1) is 0 Å². The molecule has 0 atom stereocenters. The lowest BCUT2D eigenvalue weighted by Gasteiger charge is -2.24. The third-order valence-electron chi connectivity index (χ3n) is 5.25. The number of hydrogen-bond acceptors (Lipinski definition) is 7. The first-order chi connectivity index (χ1) is 16.7. The molecule has 0 saturated heterocycles. The van der Waals surface area contributed by atoms with Crippen LogP contribution >= 0.6 is 11.6 Å². The van der Waals surface area contributed by atoms with Crippen molar-refractivity contribution in [1.82, 2.24) is 9.55 Å². The van der Waals surface area contributed by atoms with Crippen molar-refractivity contribution in [3.05, 3.63) is 49.6 Å². The second-order valence-electron chi connectivity index (χ2n) is 8.07. The second-order valence-corrected chi connectivity index (χ2v) is 8.47. The van der Waals surface area contributed by atoms with Crippen LogP contribution in [0.1, 0.15) is 51.5 Å². The topological polar surface area (TPSA) is 137 Å². The lowest BCUT2D eigenvalue weighted by Crippen LogP contribution is -2.43. The van der Waals surface area contributed by atoms with Crippen LogP contribution in [0.2, 0.25) is 5.02 Å². The Morgan fingerprint density at radius 1 is 1.17 bits per heavy atom. The number of anilines is 2. The summed E-state index contributed by atoms with van der Waals surface area (Å²) >= 11 is 5.99. The molecule has 1 aromatic heterocycles. The van der Waals surface area contributed by atoms with Crippen LogP contribution in [-0.4, -0.2) is 41.2 Å². The number of nitrogens with two attached hydrogens (primary N) is 1. The minimum absolute atomic E-state index is 0.0545. The van der Waals surface area contributed by atoms with Gasteiger partial charge >= 0.3 is 11.7 Å². The van der Waals surface area contributed by atoms with Gasteiger partial charge in [0, 0.05) is 24.5 Å². The van der Waals surface area contributed by atoms with Gasteiger partial charge in [-0.3, -0.25) is 23.9 Å². The molecule has 0 unspecified atom stereocenters. The number of nitrogens with zero attached hydrogens (tertiary/aromatic N) is 2. The Hall–Kier alpha value is -3.27. The highest BCUT2D eigenvalue weighted by atomic mass is 35.5. The molecule has 11 heteroatoms. The average Bonchev–Trinajstić information content (AvgIpc) is 2.82. The molecule has 10 nitrogen and oxygen atoms in total. The van der Waals surface area contributed by atoms with Gasteiger partial charge in [-0.2, -0.15) is 0 Å². The van der Waals surface area contributed by atoms with Crippen LogP contribution in [0.4, 0.5) is 11.5 Å². The number of aromatic amines is 1. The predicted octanol–water partition coefficient (Wildman–Crippen LogP) is 3.03. The van der Waals surface area contributed by atoms with Gasteiger partial charge in [-0.25, -0.2) is 4.79 Å². The smallest absolute Gasteiger partial charge is 0.330 e. The Balaban J connectivity index is 1.98. The van der Waals surface area contributed by atoms with Crippen LogP contribution in [-0.2, 0) is 20.9 Å². The third-order valence-corrected chi connectivity index (χ3v) is 5.67. The minimum atomic E-state index is -0.759. The number of carbonyl (C=O) groups is 2. The molecule has 0 fully saturated rings. The number of ether oxygens (including phenoxy) is 2. The molecule has 0 aliphatic rings. The maximum Gasteiger partial charge on any atom is 0.330 e.